The predicted molar refractivity (Wildman–Crippen MR) is 107 cm³/mol. The standard InChI is InChI=1S/C21H16ClN3O3/c1-13-6-5-7-14(10-13)25-20(26)15-11-24(18-9-4-3-8-17(18)22)12-16(19(15)23-25)21(27)28-2/h3-12H,1-2H3. The second-order valence-corrected chi connectivity index (χ2v) is 6.75. The molecular weight excluding hydrogens is 378 g/mol. The van der Waals surface area contributed by atoms with E-state index in [1.807, 2.05) is 31.2 Å². The van der Waals surface area contributed by atoms with E-state index in [0.29, 0.717) is 22.0 Å². The van der Waals surface area contributed by atoms with Crippen molar-refractivity contribution in [1.82, 2.24) is 14.3 Å². The Labute approximate surface area is 165 Å². The van der Waals surface area contributed by atoms with Crippen LogP contribution in [0.1, 0.15) is 15.9 Å². The highest BCUT2D eigenvalue weighted by molar-refractivity contribution is 6.32. The maximum Gasteiger partial charge on any atom is 0.341 e. The van der Waals surface area contributed by atoms with Gasteiger partial charge in [-0.05, 0) is 36.8 Å². The lowest BCUT2D eigenvalue weighted by atomic mass is 10.1. The van der Waals surface area contributed by atoms with Gasteiger partial charge in [0.1, 0.15) is 11.3 Å². The van der Waals surface area contributed by atoms with Crippen LogP contribution in [0.2, 0.25) is 5.02 Å². The van der Waals surface area contributed by atoms with Crippen LogP contribution in [-0.4, -0.2) is 27.4 Å². The van der Waals surface area contributed by atoms with Gasteiger partial charge in [0.2, 0.25) is 0 Å². The summed E-state index contributed by atoms with van der Waals surface area (Å²) in [6, 6.07) is 14.6. The van der Waals surface area contributed by atoms with Gasteiger partial charge in [-0.3, -0.25) is 4.79 Å². The van der Waals surface area contributed by atoms with E-state index >= 15 is 0 Å². The minimum Gasteiger partial charge on any atom is -0.465 e. The lowest BCUT2D eigenvalue weighted by Gasteiger charge is -2.12. The molecular formula is C21H16ClN3O3. The molecule has 4 rings (SSSR count). The summed E-state index contributed by atoms with van der Waals surface area (Å²) < 4.78 is 7.84. The van der Waals surface area contributed by atoms with Crippen LogP contribution in [0.4, 0.5) is 0 Å². The maximum atomic E-state index is 13.1. The number of carbonyl (C=O) groups is 1. The first kappa shape index (κ1) is 18.0. The molecule has 140 valence electrons. The zero-order valence-corrected chi connectivity index (χ0v) is 16.0. The quantitative estimate of drug-likeness (QED) is 0.495. The number of fused-ring (bicyclic) bond motifs is 1. The Morgan fingerprint density at radius 2 is 1.89 bits per heavy atom. The van der Waals surface area contributed by atoms with Gasteiger partial charge in [-0.1, -0.05) is 35.9 Å². The molecule has 7 heteroatoms. The molecule has 0 fully saturated rings. The van der Waals surface area contributed by atoms with Crippen molar-refractivity contribution in [2.45, 2.75) is 6.92 Å². The average Bonchev–Trinajstić information content (AvgIpc) is 3.04. The van der Waals surface area contributed by atoms with E-state index in [1.54, 1.807) is 41.2 Å². The normalized spacial score (nSPS) is 11.0. The van der Waals surface area contributed by atoms with Crippen molar-refractivity contribution >= 4 is 17.6 Å². The smallest absolute Gasteiger partial charge is 0.341 e. The molecule has 0 bridgehead atoms. The highest BCUT2D eigenvalue weighted by Gasteiger charge is 2.25. The molecule has 0 saturated heterocycles. The molecule has 6 nitrogen and oxygen atoms in total. The lowest BCUT2D eigenvalue weighted by molar-refractivity contribution is 0.0600. The van der Waals surface area contributed by atoms with Crippen LogP contribution < -0.4 is 5.56 Å². The zero-order chi connectivity index (χ0) is 19.8. The van der Waals surface area contributed by atoms with Gasteiger partial charge >= 0.3 is 5.97 Å². The number of halogens is 1. The van der Waals surface area contributed by atoms with Gasteiger partial charge in [0.05, 0.1) is 29.1 Å². The summed E-state index contributed by atoms with van der Waals surface area (Å²) >= 11 is 6.30. The number of carbonyl (C=O) groups excluding carboxylic acids is 1. The molecule has 28 heavy (non-hydrogen) atoms. The molecule has 0 aliphatic carbocycles. The number of ether oxygens (including phenoxy) is 1. The number of pyridine rings is 1. The molecule has 0 radical (unpaired) electrons. The average molecular weight is 394 g/mol. The van der Waals surface area contributed by atoms with Gasteiger partial charge in [-0.2, -0.15) is 9.78 Å². The lowest BCUT2D eigenvalue weighted by Crippen LogP contribution is -2.15. The van der Waals surface area contributed by atoms with Crippen LogP contribution >= 0.6 is 11.6 Å². The minimum atomic E-state index is -0.583. The molecule has 2 aliphatic rings. The van der Waals surface area contributed by atoms with Crippen LogP contribution in [0, 0.1) is 6.92 Å². The summed E-state index contributed by atoms with van der Waals surface area (Å²) in [7, 11) is 1.29. The number of nitrogens with zero attached hydrogens (tertiary/aromatic N) is 3. The summed E-state index contributed by atoms with van der Waals surface area (Å²) in [4.78, 5) is 25.5. The van der Waals surface area contributed by atoms with Crippen molar-refractivity contribution in [1.29, 1.82) is 0 Å². The second-order valence-electron chi connectivity index (χ2n) is 6.34. The van der Waals surface area contributed by atoms with Gasteiger partial charge in [-0.25, -0.2) is 4.79 Å². The third-order valence-electron chi connectivity index (χ3n) is 4.45. The summed E-state index contributed by atoms with van der Waals surface area (Å²) in [6.45, 7) is 1.93. The molecule has 0 amide bonds. The fourth-order valence-electron chi connectivity index (χ4n) is 3.10. The Bertz CT molecular complexity index is 1230. The Morgan fingerprint density at radius 1 is 1.11 bits per heavy atom. The third-order valence-corrected chi connectivity index (χ3v) is 4.77. The summed E-state index contributed by atoms with van der Waals surface area (Å²) in [5, 5.41) is 4.89. The highest BCUT2D eigenvalue weighted by Crippen LogP contribution is 2.27. The van der Waals surface area contributed by atoms with E-state index in [-0.39, 0.29) is 16.8 Å². The van der Waals surface area contributed by atoms with E-state index in [1.165, 1.54) is 11.8 Å². The SMILES string of the molecule is COC(=O)c1cn(-c2ccccc2Cl)cc2c(=O)n(-c3cccc(C)c3)nc1-2. The molecule has 2 heterocycles. The van der Waals surface area contributed by atoms with Gasteiger partial charge in [0.15, 0.2) is 0 Å². The molecule has 2 aromatic carbocycles. The number of rotatable bonds is 3. The molecule has 0 unspecified atom stereocenters. The van der Waals surface area contributed by atoms with Gasteiger partial charge < -0.3 is 9.30 Å². The first-order chi connectivity index (χ1) is 13.5. The van der Waals surface area contributed by atoms with Crippen LogP contribution in [0.25, 0.3) is 22.6 Å². The molecule has 0 spiro atoms. The van der Waals surface area contributed by atoms with Crippen molar-refractivity contribution in [3.63, 3.8) is 0 Å². The third kappa shape index (κ3) is 2.97. The first-order valence-corrected chi connectivity index (χ1v) is 8.92. The molecule has 0 aromatic heterocycles. The van der Waals surface area contributed by atoms with Crippen molar-refractivity contribution in [3.8, 4) is 22.6 Å². The van der Waals surface area contributed by atoms with E-state index in [2.05, 4.69) is 5.10 Å². The Hall–Kier alpha value is -3.38. The van der Waals surface area contributed by atoms with Crippen LogP contribution in [0.3, 0.4) is 0 Å². The zero-order valence-electron chi connectivity index (χ0n) is 15.2. The van der Waals surface area contributed by atoms with Crippen LogP contribution in [-0.2, 0) is 4.74 Å². The summed E-state index contributed by atoms with van der Waals surface area (Å²) in [5.74, 6) is -0.583. The molecule has 2 aromatic rings. The van der Waals surface area contributed by atoms with Gasteiger partial charge in [0, 0.05) is 12.4 Å². The topological polar surface area (TPSA) is 66.1 Å². The number of benzene rings is 2. The second kappa shape index (κ2) is 6.98. The van der Waals surface area contributed by atoms with Crippen molar-refractivity contribution < 1.29 is 9.53 Å². The van der Waals surface area contributed by atoms with Crippen LogP contribution in [0.5, 0.6) is 0 Å². The van der Waals surface area contributed by atoms with Crippen LogP contribution in [0.15, 0.2) is 65.7 Å². The highest BCUT2D eigenvalue weighted by atomic mass is 35.5. The van der Waals surface area contributed by atoms with E-state index in [4.69, 9.17) is 16.3 Å². The Balaban J connectivity index is 2.03. The van der Waals surface area contributed by atoms with E-state index in [0.717, 1.165) is 5.56 Å². The fourth-order valence-corrected chi connectivity index (χ4v) is 3.33. The summed E-state index contributed by atoms with van der Waals surface area (Å²) in [6.07, 6.45) is 3.20. The molecule has 2 aliphatic heterocycles. The summed E-state index contributed by atoms with van der Waals surface area (Å²) in [5.41, 5.74) is 2.69. The van der Waals surface area contributed by atoms with Crippen molar-refractivity contribution in [2.75, 3.05) is 7.11 Å². The van der Waals surface area contributed by atoms with Crippen molar-refractivity contribution in [3.05, 3.63) is 87.4 Å². The number of hydrogen-bond acceptors (Lipinski definition) is 4. The maximum absolute atomic E-state index is 13.1. The first-order valence-electron chi connectivity index (χ1n) is 8.55. The van der Waals surface area contributed by atoms with Crippen molar-refractivity contribution in [2.24, 2.45) is 0 Å². The number of esters is 1. The van der Waals surface area contributed by atoms with Gasteiger partial charge in [0.25, 0.3) is 5.56 Å². The molecule has 0 atom stereocenters. The Morgan fingerprint density at radius 3 is 2.61 bits per heavy atom. The fraction of sp³-hybridized carbons (Fsp3) is 0.0952. The molecule has 0 saturated carbocycles. The van der Waals surface area contributed by atoms with Gasteiger partial charge in [-0.15, -0.1) is 0 Å². The number of para-hydroxylation sites is 1. The van der Waals surface area contributed by atoms with E-state index < -0.39 is 5.97 Å². The number of hydrogen-bond donors (Lipinski definition) is 0. The number of methoxy groups -OCH3 is 1. The van der Waals surface area contributed by atoms with E-state index in [9.17, 15) is 9.59 Å². The molecule has 0 N–H and O–H groups in total. The Kier molecular flexibility index (Phi) is 4.49. The minimum absolute atomic E-state index is 0.184. The number of aryl methyl sites for hydroxylation is 1. The predicted octanol–water partition coefficient (Wildman–Crippen LogP) is 3.88. The monoisotopic (exact) mass is 393 g/mol. The largest absolute Gasteiger partial charge is 0.465 e. The number of aromatic nitrogens is 3.